The molecule has 2 saturated heterocycles. The van der Waals surface area contributed by atoms with E-state index in [0.717, 1.165) is 6.42 Å². The Morgan fingerprint density at radius 1 is 1.25 bits per heavy atom. The Bertz CT molecular complexity index is 951. The minimum atomic E-state index is -1.35. The molecule has 1 aromatic heterocycles. The number of ether oxygens (including phenoxy) is 2. The number of esters is 1. The van der Waals surface area contributed by atoms with Crippen LogP contribution < -0.4 is 0 Å². The number of carbonyl (C=O) groups excluding carboxylic acids is 2. The summed E-state index contributed by atoms with van der Waals surface area (Å²) in [6, 6.07) is 5.10. The number of aliphatic hydroxyl groups is 2. The van der Waals surface area contributed by atoms with Crippen LogP contribution in [0.25, 0.3) is 6.08 Å². The van der Waals surface area contributed by atoms with Crippen LogP contribution in [0.5, 0.6) is 0 Å². The van der Waals surface area contributed by atoms with Crippen molar-refractivity contribution in [2.45, 2.75) is 103 Å². The molecular weight excluding hydrogens is 465 g/mol. The van der Waals surface area contributed by atoms with Crippen molar-refractivity contribution in [3.05, 3.63) is 35.9 Å². The average Bonchev–Trinajstić information content (AvgIpc) is 3.47. The largest absolute Gasteiger partial charge is 0.455 e. The Balaban J connectivity index is 1.87. The molecule has 2 fully saturated rings. The number of cyclic esters (lactones) is 1. The van der Waals surface area contributed by atoms with Crippen molar-refractivity contribution >= 4 is 17.8 Å². The minimum absolute atomic E-state index is 0.128. The fraction of sp³-hybridized carbons (Fsp3) is 0.679. The first-order valence-electron chi connectivity index (χ1n) is 12.9. The molecule has 0 amide bonds. The van der Waals surface area contributed by atoms with Crippen LogP contribution in [0.2, 0.25) is 0 Å². The van der Waals surface area contributed by atoms with Crippen LogP contribution in [0.15, 0.2) is 30.2 Å². The number of hydrogen-bond donors (Lipinski definition) is 2. The SMILES string of the molecule is CC[C@H]1C(=O)C(C)(C)[C@@H](O)CC(=O)O[C@H](/C(F)=C/c2ccccn2)C[C@@H]2O[C@]2(C)CCC[C@H](C)[C@@H]1O. The fourth-order valence-electron chi connectivity index (χ4n) is 5.10. The molecule has 0 spiro atoms. The molecule has 1 aromatic rings. The maximum atomic E-state index is 15.3. The van der Waals surface area contributed by atoms with Crippen molar-refractivity contribution in [3.63, 3.8) is 0 Å². The molecule has 0 bridgehead atoms. The lowest BCUT2D eigenvalue weighted by molar-refractivity contribution is -0.155. The van der Waals surface area contributed by atoms with Crippen molar-refractivity contribution in [3.8, 4) is 0 Å². The molecule has 3 heterocycles. The van der Waals surface area contributed by atoms with Crippen molar-refractivity contribution in [1.82, 2.24) is 4.98 Å². The normalized spacial score (nSPS) is 36.6. The summed E-state index contributed by atoms with van der Waals surface area (Å²) >= 11 is 0. The van der Waals surface area contributed by atoms with Gasteiger partial charge in [-0.15, -0.1) is 0 Å². The molecule has 3 rings (SSSR count). The van der Waals surface area contributed by atoms with Gasteiger partial charge in [0.05, 0.1) is 41.4 Å². The van der Waals surface area contributed by atoms with Gasteiger partial charge < -0.3 is 19.7 Å². The molecule has 2 aliphatic heterocycles. The lowest BCUT2D eigenvalue weighted by Gasteiger charge is -2.35. The maximum absolute atomic E-state index is 15.3. The van der Waals surface area contributed by atoms with Crippen LogP contribution in [0, 0.1) is 17.3 Å². The number of pyridine rings is 1. The molecule has 200 valence electrons. The van der Waals surface area contributed by atoms with E-state index in [-0.39, 0.29) is 24.2 Å². The molecule has 2 aliphatic rings. The number of rotatable bonds is 3. The quantitative estimate of drug-likeness (QED) is 0.463. The van der Waals surface area contributed by atoms with Gasteiger partial charge in [0.15, 0.2) is 6.10 Å². The summed E-state index contributed by atoms with van der Waals surface area (Å²) in [5, 5.41) is 21.8. The zero-order valence-corrected chi connectivity index (χ0v) is 21.9. The van der Waals surface area contributed by atoms with E-state index in [9.17, 15) is 19.8 Å². The number of nitrogens with zero attached hydrogens (tertiary/aromatic N) is 1. The molecule has 2 N–H and O–H groups in total. The van der Waals surface area contributed by atoms with Gasteiger partial charge in [0.25, 0.3) is 0 Å². The second-order valence-corrected chi connectivity index (χ2v) is 11.1. The van der Waals surface area contributed by atoms with Gasteiger partial charge in [-0.05, 0) is 50.3 Å². The molecule has 8 heteroatoms. The summed E-state index contributed by atoms with van der Waals surface area (Å²) in [5.41, 5.74) is -1.38. The zero-order chi connectivity index (χ0) is 26.7. The van der Waals surface area contributed by atoms with E-state index in [1.165, 1.54) is 6.08 Å². The lowest BCUT2D eigenvalue weighted by atomic mass is 9.71. The third kappa shape index (κ3) is 6.58. The third-order valence-electron chi connectivity index (χ3n) is 7.95. The van der Waals surface area contributed by atoms with Crippen LogP contribution >= 0.6 is 0 Å². The molecule has 7 atom stereocenters. The fourth-order valence-corrected chi connectivity index (χ4v) is 5.10. The number of epoxide rings is 1. The molecule has 0 aliphatic carbocycles. The van der Waals surface area contributed by atoms with Crippen LogP contribution in [-0.4, -0.2) is 57.0 Å². The molecule has 0 radical (unpaired) electrons. The second kappa shape index (κ2) is 11.5. The van der Waals surface area contributed by atoms with Gasteiger partial charge in [-0.3, -0.25) is 14.6 Å². The van der Waals surface area contributed by atoms with Crippen LogP contribution in [0.3, 0.4) is 0 Å². The van der Waals surface area contributed by atoms with Gasteiger partial charge in [-0.1, -0.05) is 40.2 Å². The van der Waals surface area contributed by atoms with E-state index in [0.29, 0.717) is 25.0 Å². The highest BCUT2D eigenvalue weighted by Gasteiger charge is 2.53. The number of carbonyl (C=O) groups is 2. The Morgan fingerprint density at radius 2 is 1.97 bits per heavy atom. The maximum Gasteiger partial charge on any atom is 0.309 e. The summed E-state index contributed by atoms with van der Waals surface area (Å²) in [5.74, 6) is -2.56. The van der Waals surface area contributed by atoms with Gasteiger partial charge in [-0.2, -0.15) is 0 Å². The summed E-state index contributed by atoms with van der Waals surface area (Å²) in [6.45, 7) is 8.84. The Hall–Kier alpha value is -2.16. The van der Waals surface area contributed by atoms with Gasteiger partial charge in [-0.25, -0.2) is 4.39 Å². The molecule has 0 unspecified atom stereocenters. The Kier molecular flexibility index (Phi) is 9.06. The highest BCUT2D eigenvalue weighted by atomic mass is 19.1. The lowest BCUT2D eigenvalue weighted by Crippen LogP contribution is -2.46. The number of halogens is 1. The third-order valence-corrected chi connectivity index (χ3v) is 7.95. The Labute approximate surface area is 213 Å². The van der Waals surface area contributed by atoms with Crippen LogP contribution in [-0.2, 0) is 19.1 Å². The summed E-state index contributed by atoms with van der Waals surface area (Å²) in [4.78, 5) is 30.3. The topological polar surface area (TPSA) is 109 Å². The monoisotopic (exact) mass is 505 g/mol. The van der Waals surface area contributed by atoms with Gasteiger partial charge in [0, 0.05) is 18.5 Å². The van der Waals surface area contributed by atoms with E-state index in [1.54, 1.807) is 38.2 Å². The van der Waals surface area contributed by atoms with Crippen molar-refractivity contribution in [2.75, 3.05) is 0 Å². The summed E-state index contributed by atoms with van der Waals surface area (Å²) < 4.78 is 26.7. The van der Waals surface area contributed by atoms with Crippen molar-refractivity contribution in [1.29, 1.82) is 0 Å². The van der Waals surface area contributed by atoms with E-state index in [2.05, 4.69) is 4.98 Å². The summed E-state index contributed by atoms with van der Waals surface area (Å²) in [6.07, 6.45) is 1.31. The molecule has 0 saturated carbocycles. The number of aliphatic hydroxyl groups excluding tert-OH is 2. The molecule has 36 heavy (non-hydrogen) atoms. The standard InChI is InChI=1S/C28H40FNO6/c1-6-19-25(33)17(2)10-9-12-28(5)23(36-28)15-21(20(29)14-18-11-7-8-13-30-18)35-24(32)16-22(31)27(3,4)26(19)34/h7-8,11,13-14,17,19,21-23,25,31,33H,6,9-10,12,15-16H2,1-5H3/b20-14-/t17-,19+,21-,22-,23-,25-,28+/m0/s1. The van der Waals surface area contributed by atoms with E-state index in [4.69, 9.17) is 9.47 Å². The number of ketones is 1. The van der Waals surface area contributed by atoms with E-state index in [1.807, 2.05) is 20.8 Å². The second-order valence-electron chi connectivity index (χ2n) is 11.1. The number of hydrogen-bond acceptors (Lipinski definition) is 7. The predicted octanol–water partition coefficient (Wildman–Crippen LogP) is 4.40. The predicted molar refractivity (Wildman–Crippen MR) is 133 cm³/mol. The van der Waals surface area contributed by atoms with Gasteiger partial charge >= 0.3 is 5.97 Å². The zero-order valence-electron chi connectivity index (χ0n) is 21.9. The van der Waals surface area contributed by atoms with Crippen molar-refractivity contribution < 1.29 is 33.7 Å². The molecule has 0 aromatic carbocycles. The molecular formula is C28H40FNO6. The highest BCUT2D eigenvalue weighted by molar-refractivity contribution is 5.88. The Morgan fingerprint density at radius 3 is 2.61 bits per heavy atom. The van der Waals surface area contributed by atoms with Crippen LogP contribution in [0.1, 0.15) is 78.8 Å². The smallest absolute Gasteiger partial charge is 0.309 e. The van der Waals surface area contributed by atoms with E-state index < -0.39 is 53.5 Å². The van der Waals surface area contributed by atoms with Gasteiger partial charge in [0.1, 0.15) is 11.6 Å². The summed E-state index contributed by atoms with van der Waals surface area (Å²) in [7, 11) is 0. The highest BCUT2D eigenvalue weighted by Crippen LogP contribution is 2.45. The minimum Gasteiger partial charge on any atom is -0.455 e. The first kappa shape index (κ1) is 28.4. The van der Waals surface area contributed by atoms with Crippen molar-refractivity contribution in [2.24, 2.45) is 17.3 Å². The first-order valence-corrected chi connectivity index (χ1v) is 12.9. The number of fused-ring (bicyclic) bond motifs is 1. The molecule has 7 nitrogen and oxygen atoms in total. The average molecular weight is 506 g/mol. The number of aromatic nitrogens is 1. The van der Waals surface area contributed by atoms with E-state index >= 15 is 4.39 Å². The number of Topliss-reactive ketones (excluding diaryl/α,β-unsaturated/α-hetero) is 1. The van der Waals surface area contributed by atoms with Crippen LogP contribution in [0.4, 0.5) is 4.39 Å². The first-order chi connectivity index (χ1) is 16.9. The van der Waals surface area contributed by atoms with Gasteiger partial charge in [0.2, 0.25) is 0 Å².